The molecular weight excluding hydrogens is 364 g/mol. The Morgan fingerprint density at radius 2 is 1.86 bits per heavy atom. The molecule has 6 nitrogen and oxygen atoms in total. The van der Waals surface area contributed by atoms with Gasteiger partial charge in [-0.05, 0) is 67.1 Å². The third kappa shape index (κ3) is 6.06. The number of carbonyl (C=O) groups excluding carboxylic acids is 2. The molecule has 1 atom stereocenters. The van der Waals surface area contributed by atoms with E-state index in [1.54, 1.807) is 25.1 Å². The van der Waals surface area contributed by atoms with Crippen LogP contribution in [0.3, 0.4) is 0 Å². The topological polar surface area (TPSA) is 87.5 Å². The minimum atomic E-state index is -0.475. The minimum Gasteiger partial charge on any atom is -0.366 e. The Bertz CT molecular complexity index is 864. The number of urea groups is 1. The van der Waals surface area contributed by atoms with Crippen LogP contribution in [0.25, 0.3) is 0 Å². The average molecular weight is 395 g/mol. The molecule has 1 aliphatic heterocycles. The third-order valence-corrected chi connectivity index (χ3v) is 5.37. The smallest absolute Gasteiger partial charge is 0.319 e. The largest absolute Gasteiger partial charge is 0.366 e. The molecule has 1 aliphatic rings. The molecule has 154 valence electrons. The molecule has 0 aromatic heterocycles. The van der Waals surface area contributed by atoms with Gasteiger partial charge in [-0.2, -0.15) is 0 Å². The maximum atomic E-state index is 12.2. The molecule has 2 aromatic carbocycles. The zero-order chi connectivity index (χ0) is 20.8. The van der Waals surface area contributed by atoms with Crippen LogP contribution in [-0.4, -0.2) is 29.9 Å². The summed E-state index contributed by atoms with van der Waals surface area (Å²) in [4.78, 5) is 26.0. The van der Waals surface area contributed by atoms with Crippen molar-refractivity contribution >= 4 is 17.6 Å². The lowest BCUT2D eigenvalue weighted by atomic mass is 9.99. The van der Waals surface area contributed by atoms with Gasteiger partial charge in [0, 0.05) is 30.9 Å². The van der Waals surface area contributed by atoms with E-state index in [0.29, 0.717) is 17.8 Å². The molecule has 1 heterocycles. The van der Waals surface area contributed by atoms with Gasteiger partial charge in [0.25, 0.3) is 0 Å². The number of anilines is 1. The molecule has 0 radical (unpaired) electrons. The van der Waals surface area contributed by atoms with Gasteiger partial charge >= 0.3 is 6.03 Å². The highest BCUT2D eigenvalue weighted by Gasteiger charge is 2.16. The Morgan fingerprint density at radius 3 is 2.52 bits per heavy atom. The molecule has 0 aliphatic carbocycles. The second kappa shape index (κ2) is 9.56. The SMILES string of the molecule is Cc1cc(NC(=O)NCc2ccc(CN3CCC[C@@H](C)C3)cc2)ccc1C(N)=O. The first-order valence-electron chi connectivity index (χ1n) is 10.2. The lowest BCUT2D eigenvalue weighted by Crippen LogP contribution is -2.33. The zero-order valence-electron chi connectivity index (χ0n) is 17.2. The first-order chi connectivity index (χ1) is 13.9. The van der Waals surface area contributed by atoms with E-state index in [4.69, 9.17) is 5.73 Å². The Hall–Kier alpha value is -2.86. The van der Waals surface area contributed by atoms with Crippen LogP contribution >= 0.6 is 0 Å². The molecule has 1 saturated heterocycles. The first kappa shape index (κ1) is 20.9. The second-order valence-electron chi connectivity index (χ2n) is 8.00. The summed E-state index contributed by atoms with van der Waals surface area (Å²) in [6.07, 6.45) is 2.61. The van der Waals surface area contributed by atoms with Gasteiger partial charge in [-0.1, -0.05) is 31.2 Å². The number of nitrogens with two attached hydrogens (primary N) is 1. The van der Waals surface area contributed by atoms with E-state index in [0.717, 1.165) is 23.6 Å². The predicted octanol–water partition coefficient (Wildman–Crippen LogP) is 3.65. The molecule has 0 saturated carbocycles. The van der Waals surface area contributed by atoms with Crippen molar-refractivity contribution in [1.82, 2.24) is 10.2 Å². The summed E-state index contributed by atoms with van der Waals surface area (Å²) in [6, 6.07) is 13.1. The fourth-order valence-electron chi connectivity index (χ4n) is 3.83. The first-order valence-corrected chi connectivity index (χ1v) is 10.2. The number of hydrogen-bond acceptors (Lipinski definition) is 3. The number of nitrogens with zero attached hydrogens (tertiary/aromatic N) is 1. The van der Waals surface area contributed by atoms with Gasteiger partial charge in [-0.25, -0.2) is 4.79 Å². The molecule has 0 spiro atoms. The summed E-state index contributed by atoms with van der Waals surface area (Å²) in [5.41, 5.74) is 9.47. The Balaban J connectivity index is 1.47. The second-order valence-corrected chi connectivity index (χ2v) is 8.00. The normalized spacial score (nSPS) is 17.0. The van der Waals surface area contributed by atoms with Crippen molar-refractivity contribution in [2.45, 2.75) is 39.8 Å². The van der Waals surface area contributed by atoms with Crippen LogP contribution in [0.1, 0.15) is 46.8 Å². The van der Waals surface area contributed by atoms with Crippen molar-refractivity contribution < 1.29 is 9.59 Å². The maximum Gasteiger partial charge on any atom is 0.319 e. The molecular formula is C23H30N4O2. The van der Waals surface area contributed by atoms with Crippen LogP contribution in [-0.2, 0) is 13.1 Å². The summed E-state index contributed by atoms with van der Waals surface area (Å²) < 4.78 is 0. The van der Waals surface area contributed by atoms with Crippen molar-refractivity contribution in [3.8, 4) is 0 Å². The van der Waals surface area contributed by atoms with E-state index in [1.807, 2.05) is 0 Å². The van der Waals surface area contributed by atoms with Crippen LogP contribution in [0.4, 0.5) is 10.5 Å². The van der Waals surface area contributed by atoms with Gasteiger partial charge in [0.05, 0.1) is 0 Å². The van der Waals surface area contributed by atoms with Gasteiger partial charge in [0.1, 0.15) is 0 Å². The average Bonchev–Trinajstić information content (AvgIpc) is 2.67. The van der Waals surface area contributed by atoms with Gasteiger partial charge in [-0.15, -0.1) is 0 Å². The molecule has 2 aromatic rings. The number of amides is 3. The fourth-order valence-corrected chi connectivity index (χ4v) is 3.83. The zero-order valence-corrected chi connectivity index (χ0v) is 17.2. The van der Waals surface area contributed by atoms with Crippen molar-refractivity contribution in [2.24, 2.45) is 11.7 Å². The van der Waals surface area contributed by atoms with Gasteiger partial charge in [0.2, 0.25) is 5.91 Å². The lowest BCUT2D eigenvalue weighted by molar-refractivity contribution is 0.0999. The number of hydrogen-bond donors (Lipinski definition) is 3. The highest BCUT2D eigenvalue weighted by molar-refractivity contribution is 5.95. The summed E-state index contributed by atoms with van der Waals surface area (Å²) in [6.45, 7) is 7.89. The Kier molecular flexibility index (Phi) is 6.88. The van der Waals surface area contributed by atoms with Crippen molar-refractivity contribution in [2.75, 3.05) is 18.4 Å². The molecule has 3 rings (SSSR count). The monoisotopic (exact) mass is 394 g/mol. The van der Waals surface area contributed by atoms with E-state index >= 15 is 0 Å². The molecule has 6 heteroatoms. The van der Waals surface area contributed by atoms with Crippen molar-refractivity contribution in [1.29, 1.82) is 0 Å². The van der Waals surface area contributed by atoms with Crippen LogP contribution in [0, 0.1) is 12.8 Å². The highest BCUT2D eigenvalue weighted by Crippen LogP contribution is 2.18. The van der Waals surface area contributed by atoms with Gasteiger partial charge in [-0.3, -0.25) is 9.69 Å². The third-order valence-electron chi connectivity index (χ3n) is 5.37. The highest BCUT2D eigenvalue weighted by atomic mass is 16.2. The number of nitrogens with one attached hydrogen (secondary N) is 2. The summed E-state index contributed by atoms with van der Waals surface area (Å²) in [5, 5.41) is 5.64. The summed E-state index contributed by atoms with van der Waals surface area (Å²) in [5.74, 6) is 0.304. The van der Waals surface area contributed by atoms with Crippen LogP contribution in [0.5, 0.6) is 0 Å². The summed E-state index contributed by atoms with van der Waals surface area (Å²) >= 11 is 0. The summed E-state index contributed by atoms with van der Waals surface area (Å²) in [7, 11) is 0. The molecule has 3 amide bonds. The lowest BCUT2D eigenvalue weighted by Gasteiger charge is -2.30. The number of carbonyl (C=O) groups is 2. The van der Waals surface area contributed by atoms with Crippen molar-refractivity contribution in [3.63, 3.8) is 0 Å². The van der Waals surface area contributed by atoms with Crippen LogP contribution in [0.15, 0.2) is 42.5 Å². The van der Waals surface area contributed by atoms with Gasteiger partial charge < -0.3 is 16.4 Å². The van der Waals surface area contributed by atoms with Crippen LogP contribution < -0.4 is 16.4 Å². The Labute approximate surface area is 172 Å². The Morgan fingerprint density at radius 1 is 1.14 bits per heavy atom. The van der Waals surface area contributed by atoms with Crippen molar-refractivity contribution in [3.05, 3.63) is 64.7 Å². The number of rotatable bonds is 6. The van der Waals surface area contributed by atoms with Gasteiger partial charge in [0.15, 0.2) is 0 Å². The number of benzene rings is 2. The fraction of sp³-hybridized carbons (Fsp3) is 0.391. The van der Waals surface area contributed by atoms with E-state index in [1.165, 1.54) is 31.5 Å². The van der Waals surface area contributed by atoms with E-state index in [-0.39, 0.29) is 6.03 Å². The molecule has 1 fully saturated rings. The molecule has 0 unspecified atom stereocenters. The minimum absolute atomic E-state index is 0.289. The molecule has 29 heavy (non-hydrogen) atoms. The number of primary amides is 1. The number of likely N-dealkylation sites (tertiary alicyclic amines) is 1. The van der Waals surface area contributed by atoms with E-state index < -0.39 is 5.91 Å². The quantitative estimate of drug-likeness (QED) is 0.699. The van der Waals surface area contributed by atoms with Crippen LogP contribution in [0.2, 0.25) is 0 Å². The molecule has 4 N–H and O–H groups in total. The standard InChI is InChI=1S/C23H30N4O2/c1-16-4-3-11-27(14-16)15-19-7-5-18(6-8-19)13-25-23(29)26-20-9-10-21(22(24)28)17(2)12-20/h5-10,12,16H,3-4,11,13-15H2,1-2H3,(H2,24,28)(H2,25,26,29)/t16-/m1/s1. The predicted molar refractivity (Wildman–Crippen MR) is 116 cm³/mol. The number of aryl methyl sites for hydroxylation is 1. The maximum absolute atomic E-state index is 12.2. The van der Waals surface area contributed by atoms with E-state index in [9.17, 15) is 9.59 Å². The number of piperidine rings is 1. The van der Waals surface area contributed by atoms with E-state index in [2.05, 4.69) is 46.7 Å². The molecule has 0 bridgehead atoms.